The lowest BCUT2D eigenvalue weighted by Gasteiger charge is -2.05. The molecule has 0 aliphatic carbocycles. The van der Waals surface area contributed by atoms with Crippen LogP contribution in [0, 0.1) is 0 Å². The van der Waals surface area contributed by atoms with Gasteiger partial charge in [0.25, 0.3) is 5.91 Å². The summed E-state index contributed by atoms with van der Waals surface area (Å²) < 4.78 is 1.68. The fraction of sp³-hybridized carbons (Fsp3) is 0.105. The smallest absolute Gasteiger partial charge is 0.257 e. The van der Waals surface area contributed by atoms with Crippen molar-refractivity contribution in [1.29, 1.82) is 0 Å². The van der Waals surface area contributed by atoms with E-state index in [0.29, 0.717) is 23.1 Å². The highest BCUT2D eigenvalue weighted by Gasteiger charge is 2.13. The van der Waals surface area contributed by atoms with Gasteiger partial charge in [0.2, 0.25) is 0 Å². The van der Waals surface area contributed by atoms with E-state index in [4.69, 9.17) is 0 Å². The summed E-state index contributed by atoms with van der Waals surface area (Å²) in [5, 5.41) is 17.0. The van der Waals surface area contributed by atoms with Crippen molar-refractivity contribution in [2.75, 3.05) is 5.32 Å². The van der Waals surface area contributed by atoms with E-state index < -0.39 is 0 Å². The largest absolute Gasteiger partial charge is 0.298 e. The van der Waals surface area contributed by atoms with Crippen molar-refractivity contribution in [1.82, 2.24) is 25.2 Å². The standard InChI is InChI=1S/C19H16N6OS/c1-2-25-17(22-23-24-25)14-9-6-10-15(11-14)18(26)21-19-20-16(12-27-19)13-7-4-3-5-8-13/h3-12H,2H2,1H3,(H,20,21,26). The molecule has 1 amide bonds. The maximum Gasteiger partial charge on any atom is 0.257 e. The van der Waals surface area contributed by atoms with Gasteiger partial charge in [-0.1, -0.05) is 42.5 Å². The number of carbonyl (C=O) groups excluding carboxylic acids is 1. The van der Waals surface area contributed by atoms with Gasteiger partial charge in [0, 0.05) is 28.6 Å². The highest BCUT2D eigenvalue weighted by Crippen LogP contribution is 2.25. The summed E-state index contributed by atoms with van der Waals surface area (Å²) in [5.74, 6) is 0.411. The molecule has 0 aliphatic heterocycles. The van der Waals surface area contributed by atoms with E-state index >= 15 is 0 Å². The predicted molar refractivity (Wildman–Crippen MR) is 104 cm³/mol. The normalized spacial score (nSPS) is 10.7. The molecule has 4 aromatic rings. The van der Waals surface area contributed by atoms with Crippen LogP contribution in [0.4, 0.5) is 5.13 Å². The number of rotatable bonds is 5. The molecule has 0 atom stereocenters. The molecule has 2 aromatic heterocycles. The van der Waals surface area contributed by atoms with E-state index in [9.17, 15) is 4.79 Å². The van der Waals surface area contributed by atoms with Crippen LogP contribution in [0.5, 0.6) is 0 Å². The van der Waals surface area contributed by atoms with Crippen LogP contribution in [-0.4, -0.2) is 31.1 Å². The highest BCUT2D eigenvalue weighted by atomic mass is 32.1. The van der Waals surface area contributed by atoms with Gasteiger partial charge in [-0.3, -0.25) is 10.1 Å². The molecule has 8 heteroatoms. The first kappa shape index (κ1) is 17.0. The summed E-state index contributed by atoms with van der Waals surface area (Å²) in [6, 6.07) is 17.1. The van der Waals surface area contributed by atoms with Crippen LogP contribution >= 0.6 is 11.3 Å². The molecule has 27 heavy (non-hydrogen) atoms. The molecule has 0 saturated carbocycles. The summed E-state index contributed by atoms with van der Waals surface area (Å²) in [7, 11) is 0. The molecule has 0 fully saturated rings. The molecular formula is C19H16N6OS. The first-order valence-corrected chi connectivity index (χ1v) is 9.31. The summed E-state index contributed by atoms with van der Waals surface area (Å²) in [6.45, 7) is 2.61. The molecule has 0 bridgehead atoms. The number of carbonyl (C=O) groups is 1. The second-order valence-corrected chi connectivity index (χ2v) is 6.62. The van der Waals surface area contributed by atoms with Crippen LogP contribution in [0.2, 0.25) is 0 Å². The molecule has 0 aliphatic rings. The van der Waals surface area contributed by atoms with Crippen molar-refractivity contribution in [2.24, 2.45) is 0 Å². The monoisotopic (exact) mass is 376 g/mol. The Morgan fingerprint density at radius 1 is 1.11 bits per heavy atom. The van der Waals surface area contributed by atoms with Crippen LogP contribution in [0.1, 0.15) is 17.3 Å². The quantitative estimate of drug-likeness (QED) is 0.573. The summed E-state index contributed by atoms with van der Waals surface area (Å²) in [4.78, 5) is 17.1. The maximum atomic E-state index is 12.6. The Bertz CT molecular complexity index is 1070. The van der Waals surface area contributed by atoms with Crippen molar-refractivity contribution >= 4 is 22.4 Å². The first-order chi connectivity index (χ1) is 13.2. The second-order valence-electron chi connectivity index (χ2n) is 5.76. The van der Waals surface area contributed by atoms with Gasteiger partial charge >= 0.3 is 0 Å². The number of hydrogen-bond acceptors (Lipinski definition) is 6. The number of thiazole rings is 1. The summed E-state index contributed by atoms with van der Waals surface area (Å²) >= 11 is 1.40. The summed E-state index contributed by atoms with van der Waals surface area (Å²) in [6.07, 6.45) is 0. The number of tetrazole rings is 1. The van der Waals surface area contributed by atoms with Crippen LogP contribution in [0.15, 0.2) is 60.0 Å². The average Bonchev–Trinajstić information content (AvgIpc) is 3.38. The number of nitrogens with zero attached hydrogens (tertiary/aromatic N) is 5. The molecule has 7 nitrogen and oxygen atoms in total. The Balaban J connectivity index is 1.54. The van der Waals surface area contributed by atoms with Gasteiger partial charge in [-0.05, 0) is 29.5 Å². The molecule has 0 spiro atoms. The summed E-state index contributed by atoms with van der Waals surface area (Å²) in [5.41, 5.74) is 3.17. The Labute approximate surface area is 159 Å². The Morgan fingerprint density at radius 3 is 2.74 bits per heavy atom. The number of aromatic nitrogens is 5. The third kappa shape index (κ3) is 3.61. The van der Waals surface area contributed by atoms with Gasteiger partial charge < -0.3 is 0 Å². The number of aryl methyl sites for hydroxylation is 1. The van der Waals surface area contributed by atoms with E-state index in [1.165, 1.54) is 11.3 Å². The van der Waals surface area contributed by atoms with Gasteiger partial charge in [-0.15, -0.1) is 16.4 Å². The molecule has 0 radical (unpaired) electrons. The first-order valence-electron chi connectivity index (χ1n) is 8.43. The third-order valence-electron chi connectivity index (χ3n) is 4.01. The predicted octanol–water partition coefficient (Wildman–Crippen LogP) is 3.74. The molecule has 0 unspecified atom stereocenters. The van der Waals surface area contributed by atoms with E-state index in [0.717, 1.165) is 16.8 Å². The zero-order valence-corrected chi connectivity index (χ0v) is 15.3. The lowest BCUT2D eigenvalue weighted by Crippen LogP contribution is -2.12. The van der Waals surface area contributed by atoms with Crippen molar-refractivity contribution < 1.29 is 4.79 Å². The number of nitrogens with one attached hydrogen (secondary N) is 1. The number of benzene rings is 2. The van der Waals surface area contributed by atoms with Gasteiger partial charge in [0.05, 0.1) is 5.69 Å². The van der Waals surface area contributed by atoms with Crippen molar-refractivity contribution in [3.8, 4) is 22.6 Å². The number of hydrogen-bond donors (Lipinski definition) is 1. The second kappa shape index (κ2) is 7.46. The molecule has 2 aromatic carbocycles. The average molecular weight is 376 g/mol. The van der Waals surface area contributed by atoms with E-state index in [1.54, 1.807) is 16.8 Å². The lowest BCUT2D eigenvalue weighted by atomic mass is 10.1. The Morgan fingerprint density at radius 2 is 1.93 bits per heavy atom. The molecule has 4 rings (SSSR count). The van der Waals surface area contributed by atoms with Crippen LogP contribution in [0.3, 0.4) is 0 Å². The minimum absolute atomic E-state index is 0.221. The van der Waals surface area contributed by atoms with E-state index in [-0.39, 0.29) is 5.91 Å². The van der Waals surface area contributed by atoms with Crippen molar-refractivity contribution in [3.63, 3.8) is 0 Å². The maximum absolute atomic E-state index is 12.6. The third-order valence-corrected chi connectivity index (χ3v) is 4.77. The van der Waals surface area contributed by atoms with Gasteiger partial charge in [-0.25, -0.2) is 9.67 Å². The molecule has 2 heterocycles. The van der Waals surface area contributed by atoms with Gasteiger partial charge in [-0.2, -0.15) is 0 Å². The van der Waals surface area contributed by atoms with Gasteiger partial charge in [0.1, 0.15) is 0 Å². The molecule has 0 saturated heterocycles. The zero-order chi connectivity index (χ0) is 18.6. The number of anilines is 1. The van der Waals surface area contributed by atoms with Gasteiger partial charge in [0.15, 0.2) is 11.0 Å². The van der Waals surface area contributed by atoms with Crippen molar-refractivity contribution in [3.05, 3.63) is 65.5 Å². The number of amides is 1. The van der Waals surface area contributed by atoms with Crippen LogP contribution < -0.4 is 5.32 Å². The molecule has 1 N–H and O–H groups in total. The topological polar surface area (TPSA) is 85.6 Å². The molecule has 134 valence electrons. The lowest BCUT2D eigenvalue weighted by molar-refractivity contribution is 0.102. The van der Waals surface area contributed by atoms with E-state index in [1.807, 2.05) is 54.8 Å². The van der Waals surface area contributed by atoms with E-state index in [2.05, 4.69) is 25.8 Å². The fourth-order valence-electron chi connectivity index (χ4n) is 2.67. The Kier molecular flexibility index (Phi) is 4.71. The zero-order valence-electron chi connectivity index (χ0n) is 14.5. The van der Waals surface area contributed by atoms with Crippen LogP contribution in [-0.2, 0) is 6.54 Å². The SMILES string of the molecule is CCn1nnnc1-c1cccc(C(=O)Nc2nc(-c3ccccc3)cs2)c1. The Hall–Kier alpha value is -3.39. The van der Waals surface area contributed by atoms with Crippen molar-refractivity contribution in [2.45, 2.75) is 13.5 Å². The highest BCUT2D eigenvalue weighted by molar-refractivity contribution is 7.14. The minimum atomic E-state index is -0.221. The van der Waals surface area contributed by atoms with Crippen LogP contribution in [0.25, 0.3) is 22.6 Å². The minimum Gasteiger partial charge on any atom is -0.298 e. The molecular weight excluding hydrogens is 360 g/mol. The fourth-order valence-corrected chi connectivity index (χ4v) is 3.38.